The van der Waals surface area contributed by atoms with Gasteiger partial charge in [0.25, 0.3) is 0 Å². The van der Waals surface area contributed by atoms with Gasteiger partial charge >= 0.3 is 0 Å². The predicted octanol–water partition coefficient (Wildman–Crippen LogP) is 3.66. The van der Waals surface area contributed by atoms with Gasteiger partial charge in [-0.1, -0.05) is 54.6 Å². The molecule has 1 aliphatic rings. The second-order valence-electron chi connectivity index (χ2n) is 4.68. The second kappa shape index (κ2) is 6.89. The molecule has 3 heteroatoms. The Morgan fingerprint density at radius 3 is 2.60 bits per heavy atom. The lowest BCUT2D eigenvalue weighted by molar-refractivity contribution is 0.0554. The Hall–Kier alpha value is -1.35. The van der Waals surface area contributed by atoms with Gasteiger partial charge in [0.05, 0.1) is 9.30 Å². The lowest BCUT2D eigenvalue weighted by atomic mass is 9.96. The summed E-state index contributed by atoms with van der Waals surface area (Å²) in [5, 5.41) is 0. The summed E-state index contributed by atoms with van der Waals surface area (Å²) in [6, 6.07) is 17.0. The van der Waals surface area contributed by atoms with E-state index in [0.717, 1.165) is 16.7 Å². The number of hydrogen-bond donors (Lipinski definition) is 0. The SMILES string of the molecule is Cl.[2H]C1([2H])OC(c2ccccc2)c2ccccc2CN(C)C1([2H])[2H]. The Balaban J connectivity index is 0.00000208. The van der Waals surface area contributed by atoms with Gasteiger partial charge in [0.2, 0.25) is 0 Å². The van der Waals surface area contributed by atoms with Crippen molar-refractivity contribution in [3.8, 4) is 0 Å². The molecule has 0 saturated carbocycles. The molecule has 2 aromatic carbocycles. The van der Waals surface area contributed by atoms with Gasteiger partial charge < -0.3 is 4.74 Å². The molecular weight excluding hydrogens is 270 g/mol. The van der Waals surface area contributed by atoms with Gasteiger partial charge in [-0.05, 0) is 23.7 Å². The maximum atomic E-state index is 8.16. The zero-order valence-corrected chi connectivity index (χ0v) is 12.1. The monoisotopic (exact) mass is 293 g/mol. The summed E-state index contributed by atoms with van der Waals surface area (Å²) >= 11 is 0. The van der Waals surface area contributed by atoms with Gasteiger partial charge in [0, 0.05) is 15.8 Å². The van der Waals surface area contributed by atoms with Crippen LogP contribution in [0.5, 0.6) is 0 Å². The fraction of sp³-hybridized carbons (Fsp3) is 0.294. The molecule has 0 bridgehead atoms. The smallest absolute Gasteiger partial charge is 0.108 e. The highest BCUT2D eigenvalue weighted by atomic mass is 35.5. The van der Waals surface area contributed by atoms with E-state index < -0.39 is 19.2 Å². The number of ether oxygens (including phenoxy) is 1. The molecule has 0 spiro atoms. The van der Waals surface area contributed by atoms with Gasteiger partial charge in [-0.3, -0.25) is 4.90 Å². The molecule has 2 aromatic rings. The first-order valence-corrected chi connectivity index (χ1v) is 6.35. The van der Waals surface area contributed by atoms with Crippen LogP contribution >= 0.6 is 12.4 Å². The van der Waals surface area contributed by atoms with E-state index in [0.29, 0.717) is 6.54 Å². The third-order valence-corrected chi connectivity index (χ3v) is 3.26. The average Bonchev–Trinajstić information content (AvgIpc) is 2.53. The van der Waals surface area contributed by atoms with Crippen LogP contribution in [0.1, 0.15) is 28.3 Å². The minimum Gasteiger partial charge on any atom is -0.367 e. The summed E-state index contributed by atoms with van der Waals surface area (Å²) in [5.74, 6) is 0. The molecule has 0 radical (unpaired) electrons. The van der Waals surface area contributed by atoms with Crippen molar-refractivity contribution in [1.82, 2.24) is 4.90 Å². The summed E-state index contributed by atoms with van der Waals surface area (Å²) in [4.78, 5) is 1.35. The highest BCUT2D eigenvalue weighted by molar-refractivity contribution is 5.85. The lowest BCUT2D eigenvalue weighted by Crippen LogP contribution is -2.27. The maximum absolute atomic E-state index is 8.16. The number of hydrogen-bond acceptors (Lipinski definition) is 2. The molecule has 1 atom stereocenters. The molecule has 0 saturated heterocycles. The molecule has 3 rings (SSSR count). The van der Waals surface area contributed by atoms with Crippen LogP contribution in [-0.2, 0) is 11.3 Å². The normalized spacial score (nSPS) is 27.4. The molecule has 106 valence electrons. The molecule has 1 heterocycles. The van der Waals surface area contributed by atoms with Gasteiger partial charge in [0.1, 0.15) is 6.10 Å². The predicted molar refractivity (Wildman–Crippen MR) is 84.3 cm³/mol. The first-order chi connectivity index (χ1) is 10.8. The van der Waals surface area contributed by atoms with Crippen molar-refractivity contribution in [3.63, 3.8) is 0 Å². The van der Waals surface area contributed by atoms with E-state index in [9.17, 15) is 0 Å². The van der Waals surface area contributed by atoms with Crippen molar-refractivity contribution in [2.75, 3.05) is 20.1 Å². The van der Waals surface area contributed by atoms with Crippen LogP contribution in [0.2, 0.25) is 0 Å². The third-order valence-electron chi connectivity index (χ3n) is 3.26. The molecule has 0 amide bonds. The zero-order chi connectivity index (χ0) is 16.7. The average molecular weight is 294 g/mol. The number of nitrogens with zero attached hydrogens (tertiary/aromatic N) is 1. The summed E-state index contributed by atoms with van der Waals surface area (Å²) in [6.45, 7) is -4.38. The number of halogens is 1. The Labute approximate surface area is 132 Å². The van der Waals surface area contributed by atoms with E-state index in [1.807, 2.05) is 54.6 Å². The largest absolute Gasteiger partial charge is 0.367 e. The summed E-state index contributed by atoms with van der Waals surface area (Å²) < 4.78 is 38.3. The standard InChI is InChI=1S/C17H19NO.ClH/c1-18-11-12-19-17(14-7-3-2-4-8-14)16-10-6-5-9-15(16)13-18;/h2-10,17H,11-13H2,1H3;1H/i11D2,12D2;. The van der Waals surface area contributed by atoms with Gasteiger partial charge in [-0.2, -0.15) is 0 Å². The number of benzene rings is 2. The molecule has 0 aromatic heterocycles. The fourth-order valence-electron chi connectivity index (χ4n) is 2.33. The van der Waals surface area contributed by atoms with E-state index >= 15 is 0 Å². The molecule has 0 N–H and O–H groups in total. The summed E-state index contributed by atoms with van der Waals surface area (Å²) in [7, 11) is 1.57. The molecule has 0 fully saturated rings. The first kappa shape index (κ1) is 10.4. The molecular formula is C17H20ClNO. The van der Waals surface area contributed by atoms with Crippen molar-refractivity contribution in [1.29, 1.82) is 0 Å². The van der Waals surface area contributed by atoms with Crippen molar-refractivity contribution in [3.05, 3.63) is 71.3 Å². The third kappa shape index (κ3) is 3.21. The molecule has 1 aliphatic heterocycles. The van der Waals surface area contributed by atoms with Gasteiger partial charge in [-0.15, -0.1) is 12.4 Å². The van der Waals surface area contributed by atoms with E-state index in [2.05, 4.69) is 0 Å². The topological polar surface area (TPSA) is 12.5 Å². The van der Waals surface area contributed by atoms with Crippen LogP contribution in [0.3, 0.4) is 0 Å². The number of rotatable bonds is 1. The Bertz CT molecular complexity index is 696. The maximum Gasteiger partial charge on any atom is 0.108 e. The van der Waals surface area contributed by atoms with Gasteiger partial charge in [0.15, 0.2) is 0 Å². The minimum absolute atomic E-state index is 0. The zero-order valence-electron chi connectivity index (χ0n) is 15.2. The summed E-state index contributed by atoms with van der Waals surface area (Å²) in [6.07, 6.45) is -0.647. The minimum atomic E-state index is -2.45. The quantitative estimate of drug-likeness (QED) is 0.795. The van der Waals surface area contributed by atoms with Crippen LogP contribution < -0.4 is 0 Å². The van der Waals surface area contributed by atoms with Crippen molar-refractivity contribution >= 4 is 12.4 Å². The molecule has 2 nitrogen and oxygen atoms in total. The first-order valence-electron chi connectivity index (χ1n) is 8.35. The van der Waals surface area contributed by atoms with E-state index in [1.165, 1.54) is 4.90 Å². The highest BCUT2D eigenvalue weighted by Gasteiger charge is 2.20. The van der Waals surface area contributed by atoms with E-state index in [4.69, 9.17) is 10.2 Å². The number of likely N-dealkylation sites (N-methyl/N-ethyl adjacent to an activating group) is 1. The van der Waals surface area contributed by atoms with Crippen molar-refractivity contribution in [2.24, 2.45) is 0 Å². The van der Waals surface area contributed by atoms with Crippen molar-refractivity contribution < 1.29 is 10.2 Å². The Morgan fingerprint density at radius 2 is 1.80 bits per heavy atom. The number of fused-ring (bicyclic) bond motifs is 1. The lowest BCUT2D eigenvalue weighted by Gasteiger charge is -2.28. The van der Waals surface area contributed by atoms with Crippen LogP contribution in [0, 0.1) is 0 Å². The highest BCUT2D eigenvalue weighted by Crippen LogP contribution is 2.30. The van der Waals surface area contributed by atoms with Gasteiger partial charge in [-0.25, -0.2) is 0 Å². The Kier molecular flexibility index (Phi) is 3.58. The van der Waals surface area contributed by atoms with Crippen LogP contribution in [-0.4, -0.2) is 25.0 Å². The molecule has 0 aliphatic carbocycles. The van der Waals surface area contributed by atoms with Crippen LogP contribution in [0.4, 0.5) is 0 Å². The van der Waals surface area contributed by atoms with E-state index in [1.54, 1.807) is 7.05 Å². The van der Waals surface area contributed by atoms with Crippen LogP contribution in [0.25, 0.3) is 0 Å². The van der Waals surface area contributed by atoms with E-state index in [-0.39, 0.29) is 12.4 Å². The molecule has 20 heavy (non-hydrogen) atoms. The van der Waals surface area contributed by atoms with Crippen molar-refractivity contribution in [2.45, 2.75) is 12.6 Å². The summed E-state index contributed by atoms with van der Waals surface area (Å²) in [5.41, 5.74) is 2.61. The van der Waals surface area contributed by atoms with Crippen LogP contribution in [0.15, 0.2) is 54.6 Å². The molecule has 1 unspecified atom stereocenters. The second-order valence-corrected chi connectivity index (χ2v) is 4.68. The fourth-order valence-corrected chi connectivity index (χ4v) is 2.33. The Morgan fingerprint density at radius 1 is 1.10 bits per heavy atom.